The van der Waals surface area contributed by atoms with E-state index in [1.165, 1.54) is 7.05 Å². The lowest BCUT2D eigenvalue weighted by Crippen LogP contribution is -2.40. The normalized spacial score (nSPS) is 11.9. The van der Waals surface area contributed by atoms with Crippen LogP contribution in [0.15, 0.2) is 29.2 Å². The Morgan fingerprint density at radius 2 is 1.79 bits per heavy atom. The number of nitrogens with one attached hydrogen (secondary N) is 1. The molecule has 19 heavy (non-hydrogen) atoms. The minimum atomic E-state index is -3.61. The Hall–Kier alpha value is -1.40. The number of sulfonamides is 1. The van der Waals surface area contributed by atoms with Crippen molar-refractivity contribution in [2.45, 2.75) is 31.7 Å². The maximum Gasteiger partial charge on any atom is 0.243 e. The van der Waals surface area contributed by atoms with Gasteiger partial charge >= 0.3 is 0 Å². The van der Waals surface area contributed by atoms with Crippen molar-refractivity contribution >= 4 is 15.9 Å². The highest BCUT2D eigenvalue weighted by atomic mass is 32.2. The van der Waals surface area contributed by atoms with Crippen molar-refractivity contribution in [3.8, 4) is 0 Å². The van der Waals surface area contributed by atoms with Gasteiger partial charge in [0.15, 0.2) is 0 Å². The summed E-state index contributed by atoms with van der Waals surface area (Å²) in [4.78, 5) is 11.8. The molecule has 1 aromatic rings. The Balaban J connectivity index is 2.83. The van der Waals surface area contributed by atoms with Crippen LogP contribution in [-0.4, -0.2) is 38.3 Å². The molecular weight excluding hydrogens is 264 g/mol. The lowest BCUT2D eigenvalue weighted by Gasteiger charge is -2.18. The molecule has 0 fully saturated rings. The molecule has 106 valence electrons. The van der Waals surface area contributed by atoms with Gasteiger partial charge in [-0.3, -0.25) is 4.79 Å². The molecule has 0 aliphatic rings. The molecule has 0 radical (unpaired) electrons. The average molecular weight is 284 g/mol. The van der Waals surface area contributed by atoms with Gasteiger partial charge in [0.1, 0.15) is 0 Å². The molecule has 1 N–H and O–H groups in total. The van der Waals surface area contributed by atoms with Crippen LogP contribution in [0.2, 0.25) is 0 Å². The Kier molecular flexibility index (Phi) is 5.08. The molecule has 0 bridgehead atoms. The lowest BCUT2D eigenvalue weighted by atomic mass is 10.2. The lowest BCUT2D eigenvalue weighted by molar-refractivity contribution is -0.121. The summed E-state index contributed by atoms with van der Waals surface area (Å²) in [5, 5.41) is 2.66. The van der Waals surface area contributed by atoms with Crippen LogP contribution < -0.4 is 5.32 Å². The fourth-order valence-electron chi connectivity index (χ4n) is 1.55. The van der Waals surface area contributed by atoms with Crippen LogP contribution >= 0.6 is 0 Å². The summed E-state index contributed by atoms with van der Waals surface area (Å²) in [5.74, 6) is -0.312. The second-order valence-electron chi connectivity index (χ2n) is 4.80. The Morgan fingerprint density at radius 1 is 1.26 bits per heavy atom. The molecule has 1 amide bonds. The predicted octanol–water partition coefficient (Wildman–Crippen LogP) is 1.14. The summed E-state index contributed by atoms with van der Waals surface area (Å²) < 4.78 is 25.5. The number of carbonyl (C=O) groups excluding carboxylic acids is 1. The van der Waals surface area contributed by atoms with Crippen molar-refractivity contribution < 1.29 is 13.2 Å². The molecule has 5 nitrogen and oxygen atoms in total. The second-order valence-corrected chi connectivity index (χ2v) is 6.84. The maximum absolute atomic E-state index is 12.2. The number of hydrogen-bond donors (Lipinski definition) is 1. The Bertz CT molecular complexity index is 536. The fourth-order valence-corrected chi connectivity index (χ4v) is 2.67. The molecule has 0 aliphatic heterocycles. The van der Waals surface area contributed by atoms with Gasteiger partial charge < -0.3 is 5.32 Å². The summed E-state index contributed by atoms with van der Waals surface area (Å²) in [6, 6.07) is 6.54. The summed E-state index contributed by atoms with van der Waals surface area (Å²) >= 11 is 0. The first-order chi connectivity index (χ1) is 8.73. The number of aryl methyl sites for hydroxylation is 1. The topological polar surface area (TPSA) is 66.5 Å². The van der Waals surface area contributed by atoms with Crippen LogP contribution in [-0.2, 0) is 14.8 Å². The van der Waals surface area contributed by atoms with Crippen molar-refractivity contribution in [1.82, 2.24) is 9.62 Å². The van der Waals surface area contributed by atoms with Gasteiger partial charge in [-0.15, -0.1) is 0 Å². The first kappa shape index (κ1) is 15.7. The van der Waals surface area contributed by atoms with Crippen molar-refractivity contribution in [3.63, 3.8) is 0 Å². The van der Waals surface area contributed by atoms with Crippen molar-refractivity contribution in [2.75, 3.05) is 13.6 Å². The molecule has 0 saturated heterocycles. The molecular formula is C13H20N2O3S. The minimum Gasteiger partial charge on any atom is -0.353 e. The van der Waals surface area contributed by atoms with E-state index in [0.717, 1.165) is 9.87 Å². The molecule has 0 heterocycles. The quantitative estimate of drug-likeness (QED) is 0.881. The van der Waals surface area contributed by atoms with E-state index < -0.39 is 10.0 Å². The van der Waals surface area contributed by atoms with Crippen LogP contribution in [0.25, 0.3) is 0 Å². The third-order valence-corrected chi connectivity index (χ3v) is 4.36. The Labute approximate surface area is 114 Å². The molecule has 0 aliphatic carbocycles. The summed E-state index contributed by atoms with van der Waals surface area (Å²) in [5.41, 5.74) is 0.985. The molecule has 1 rings (SSSR count). The largest absolute Gasteiger partial charge is 0.353 e. The highest BCUT2D eigenvalue weighted by Gasteiger charge is 2.22. The molecule has 0 atom stereocenters. The second kappa shape index (κ2) is 6.16. The molecule has 1 aromatic carbocycles. The zero-order valence-electron chi connectivity index (χ0n) is 11.7. The molecule has 0 aromatic heterocycles. The number of carbonyl (C=O) groups is 1. The summed E-state index contributed by atoms with van der Waals surface area (Å²) in [7, 11) is -2.22. The van der Waals surface area contributed by atoms with Gasteiger partial charge in [0.25, 0.3) is 0 Å². The first-order valence-electron chi connectivity index (χ1n) is 6.06. The van der Waals surface area contributed by atoms with E-state index >= 15 is 0 Å². The van der Waals surface area contributed by atoms with E-state index in [2.05, 4.69) is 5.32 Å². The number of likely N-dealkylation sites (N-methyl/N-ethyl adjacent to an activating group) is 1. The van der Waals surface area contributed by atoms with Crippen LogP contribution in [0.1, 0.15) is 19.4 Å². The molecule has 0 unspecified atom stereocenters. The SMILES string of the molecule is Cc1ccc(S(=O)(=O)N(C)CC(=O)NC(C)C)cc1. The van der Waals surface area contributed by atoms with E-state index in [0.29, 0.717) is 0 Å². The summed E-state index contributed by atoms with van der Waals surface area (Å²) in [6.07, 6.45) is 0. The number of nitrogens with zero attached hydrogens (tertiary/aromatic N) is 1. The van der Waals surface area contributed by atoms with E-state index in [4.69, 9.17) is 0 Å². The van der Waals surface area contributed by atoms with Crippen LogP contribution in [0.3, 0.4) is 0 Å². The number of hydrogen-bond acceptors (Lipinski definition) is 3. The molecule has 0 spiro atoms. The van der Waals surface area contributed by atoms with Gasteiger partial charge in [0, 0.05) is 13.1 Å². The van der Waals surface area contributed by atoms with E-state index in [1.54, 1.807) is 24.3 Å². The van der Waals surface area contributed by atoms with Crippen molar-refractivity contribution in [1.29, 1.82) is 0 Å². The highest BCUT2D eigenvalue weighted by Crippen LogP contribution is 2.14. The van der Waals surface area contributed by atoms with Gasteiger partial charge in [0.2, 0.25) is 15.9 Å². The zero-order valence-corrected chi connectivity index (χ0v) is 12.5. The van der Waals surface area contributed by atoms with Crippen LogP contribution in [0, 0.1) is 6.92 Å². The Morgan fingerprint density at radius 3 is 2.26 bits per heavy atom. The first-order valence-corrected chi connectivity index (χ1v) is 7.50. The number of benzene rings is 1. The minimum absolute atomic E-state index is 0.0111. The predicted molar refractivity (Wildman–Crippen MR) is 74.3 cm³/mol. The smallest absolute Gasteiger partial charge is 0.243 e. The van der Waals surface area contributed by atoms with E-state index in [-0.39, 0.29) is 23.4 Å². The van der Waals surface area contributed by atoms with Gasteiger partial charge in [-0.2, -0.15) is 4.31 Å². The highest BCUT2D eigenvalue weighted by molar-refractivity contribution is 7.89. The third kappa shape index (κ3) is 4.33. The zero-order chi connectivity index (χ0) is 14.6. The van der Waals surface area contributed by atoms with Crippen molar-refractivity contribution in [3.05, 3.63) is 29.8 Å². The monoisotopic (exact) mass is 284 g/mol. The van der Waals surface area contributed by atoms with Gasteiger partial charge in [0.05, 0.1) is 11.4 Å². The van der Waals surface area contributed by atoms with Crippen LogP contribution in [0.5, 0.6) is 0 Å². The summed E-state index contributed by atoms with van der Waals surface area (Å²) in [6.45, 7) is 5.35. The molecule has 0 saturated carbocycles. The average Bonchev–Trinajstić information content (AvgIpc) is 2.28. The van der Waals surface area contributed by atoms with Gasteiger partial charge in [-0.25, -0.2) is 8.42 Å². The van der Waals surface area contributed by atoms with Crippen molar-refractivity contribution in [2.24, 2.45) is 0 Å². The fraction of sp³-hybridized carbons (Fsp3) is 0.462. The standard InChI is InChI=1S/C13H20N2O3S/c1-10(2)14-13(16)9-15(4)19(17,18)12-7-5-11(3)6-8-12/h5-8,10H,9H2,1-4H3,(H,14,16). The number of rotatable bonds is 5. The number of amides is 1. The van der Waals surface area contributed by atoms with Crippen LogP contribution in [0.4, 0.5) is 0 Å². The van der Waals surface area contributed by atoms with Gasteiger partial charge in [-0.1, -0.05) is 17.7 Å². The molecule has 6 heteroatoms. The van der Waals surface area contributed by atoms with E-state index in [1.807, 2.05) is 20.8 Å². The third-order valence-electron chi connectivity index (χ3n) is 2.55. The van der Waals surface area contributed by atoms with E-state index in [9.17, 15) is 13.2 Å². The van der Waals surface area contributed by atoms with Gasteiger partial charge in [-0.05, 0) is 32.9 Å². The maximum atomic E-state index is 12.2.